The van der Waals surface area contributed by atoms with Crippen molar-refractivity contribution in [2.45, 2.75) is 18.9 Å². The number of methoxy groups -OCH3 is 3. The fraction of sp³-hybridized carbons (Fsp3) is 0.238. The molecular formula is C21H19N2O4S-. The number of aromatic nitrogens is 1. The zero-order valence-corrected chi connectivity index (χ0v) is 17.1. The first-order chi connectivity index (χ1) is 13.4. The van der Waals surface area contributed by atoms with Crippen molar-refractivity contribution in [2.24, 2.45) is 0 Å². The van der Waals surface area contributed by atoms with E-state index >= 15 is 0 Å². The summed E-state index contributed by atoms with van der Waals surface area (Å²) in [6.45, 7) is 3.74. The second kappa shape index (κ2) is 7.79. The molecule has 7 heteroatoms. The molecule has 0 amide bonds. The smallest absolute Gasteiger partial charge is 0.203 e. The molecule has 0 spiro atoms. The SMILES string of the molecule is COc1cc(-c2cc(-c3cc(C)oc3C)nc([S-])c2C#N)cc(OC)c1OC. The van der Waals surface area contributed by atoms with Gasteiger partial charge < -0.3 is 31.3 Å². The van der Waals surface area contributed by atoms with Crippen molar-refractivity contribution < 1.29 is 18.6 Å². The first-order valence-electron chi connectivity index (χ1n) is 8.43. The van der Waals surface area contributed by atoms with Gasteiger partial charge in [-0.15, -0.1) is 0 Å². The van der Waals surface area contributed by atoms with Crippen LogP contribution in [-0.4, -0.2) is 26.3 Å². The van der Waals surface area contributed by atoms with E-state index in [2.05, 4.69) is 11.1 Å². The summed E-state index contributed by atoms with van der Waals surface area (Å²) in [6.07, 6.45) is 0. The van der Waals surface area contributed by atoms with Crippen LogP contribution in [0.3, 0.4) is 0 Å². The van der Waals surface area contributed by atoms with Crippen molar-refractivity contribution in [1.82, 2.24) is 4.98 Å². The van der Waals surface area contributed by atoms with E-state index < -0.39 is 0 Å². The summed E-state index contributed by atoms with van der Waals surface area (Å²) < 4.78 is 21.9. The molecule has 0 saturated heterocycles. The summed E-state index contributed by atoms with van der Waals surface area (Å²) >= 11 is 5.40. The van der Waals surface area contributed by atoms with Gasteiger partial charge >= 0.3 is 0 Å². The van der Waals surface area contributed by atoms with Crippen LogP contribution < -0.4 is 14.2 Å². The lowest BCUT2D eigenvalue weighted by Gasteiger charge is -2.18. The minimum Gasteiger partial charge on any atom is -0.759 e. The third kappa shape index (κ3) is 3.35. The Balaban J connectivity index is 2.29. The lowest BCUT2D eigenvalue weighted by atomic mass is 9.98. The van der Waals surface area contributed by atoms with E-state index in [0.717, 1.165) is 17.1 Å². The lowest BCUT2D eigenvalue weighted by Crippen LogP contribution is -1.99. The van der Waals surface area contributed by atoms with Gasteiger partial charge in [-0.1, -0.05) is 5.03 Å². The highest BCUT2D eigenvalue weighted by atomic mass is 32.1. The van der Waals surface area contributed by atoms with E-state index in [9.17, 15) is 5.26 Å². The number of rotatable bonds is 5. The Morgan fingerprint density at radius 1 is 0.964 bits per heavy atom. The normalized spacial score (nSPS) is 10.4. The van der Waals surface area contributed by atoms with Crippen molar-refractivity contribution in [3.05, 3.63) is 41.3 Å². The van der Waals surface area contributed by atoms with Gasteiger partial charge in [-0.25, -0.2) is 0 Å². The Morgan fingerprint density at radius 2 is 1.61 bits per heavy atom. The molecule has 0 unspecified atom stereocenters. The largest absolute Gasteiger partial charge is 0.759 e. The van der Waals surface area contributed by atoms with E-state index in [1.807, 2.05) is 26.0 Å². The van der Waals surface area contributed by atoms with Crippen LogP contribution in [0.2, 0.25) is 0 Å². The van der Waals surface area contributed by atoms with Crippen LogP contribution in [0.25, 0.3) is 22.4 Å². The van der Waals surface area contributed by atoms with Crippen LogP contribution in [0, 0.1) is 25.2 Å². The van der Waals surface area contributed by atoms with E-state index in [4.69, 9.17) is 31.3 Å². The number of nitriles is 1. The topological polar surface area (TPSA) is 77.5 Å². The van der Waals surface area contributed by atoms with Crippen LogP contribution in [0.4, 0.5) is 0 Å². The second-order valence-electron chi connectivity index (χ2n) is 6.09. The van der Waals surface area contributed by atoms with Gasteiger partial charge in [-0.05, 0) is 43.7 Å². The maximum Gasteiger partial charge on any atom is 0.203 e. The fourth-order valence-electron chi connectivity index (χ4n) is 3.12. The number of ether oxygens (including phenoxy) is 3. The molecular weight excluding hydrogens is 376 g/mol. The minimum absolute atomic E-state index is 0.224. The first-order valence-corrected chi connectivity index (χ1v) is 8.84. The zero-order valence-electron chi connectivity index (χ0n) is 16.2. The van der Waals surface area contributed by atoms with Crippen LogP contribution in [-0.2, 0) is 12.6 Å². The van der Waals surface area contributed by atoms with Gasteiger partial charge in [0.1, 0.15) is 11.5 Å². The monoisotopic (exact) mass is 395 g/mol. The Kier molecular flexibility index (Phi) is 5.43. The second-order valence-corrected chi connectivity index (χ2v) is 6.47. The molecule has 28 heavy (non-hydrogen) atoms. The third-order valence-electron chi connectivity index (χ3n) is 4.39. The number of pyridine rings is 1. The summed E-state index contributed by atoms with van der Waals surface area (Å²) in [5.74, 6) is 2.96. The van der Waals surface area contributed by atoms with Crippen LogP contribution in [0.1, 0.15) is 17.1 Å². The van der Waals surface area contributed by atoms with Crippen LogP contribution >= 0.6 is 0 Å². The molecule has 0 N–H and O–H groups in total. The Hall–Kier alpha value is -3.24. The molecule has 0 aliphatic carbocycles. The van der Waals surface area contributed by atoms with Crippen molar-refractivity contribution >= 4 is 12.6 Å². The van der Waals surface area contributed by atoms with Gasteiger partial charge in [0.2, 0.25) is 5.75 Å². The van der Waals surface area contributed by atoms with E-state index in [1.165, 1.54) is 7.11 Å². The van der Waals surface area contributed by atoms with E-state index in [-0.39, 0.29) is 5.03 Å². The first kappa shape index (κ1) is 19.5. The Bertz CT molecular complexity index is 1060. The van der Waals surface area contributed by atoms with Crippen molar-refractivity contribution in [3.63, 3.8) is 0 Å². The van der Waals surface area contributed by atoms with Crippen molar-refractivity contribution in [3.8, 4) is 45.7 Å². The molecule has 0 bridgehead atoms. The van der Waals surface area contributed by atoms with Gasteiger partial charge in [0.15, 0.2) is 11.5 Å². The van der Waals surface area contributed by atoms with Crippen molar-refractivity contribution in [1.29, 1.82) is 5.26 Å². The summed E-state index contributed by atoms with van der Waals surface area (Å²) in [4.78, 5) is 4.44. The van der Waals surface area contributed by atoms with E-state index in [0.29, 0.717) is 39.6 Å². The average molecular weight is 395 g/mol. The number of hydrogen-bond acceptors (Lipinski definition) is 7. The molecule has 0 fully saturated rings. The number of nitrogens with zero attached hydrogens (tertiary/aromatic N) is 2. The summed E-state index contributed by atoms with van der Waals surface area (Å²) in [5.41, 5.74) is 3.13. The van der Waals surface area contributed by atoms with Gasteiger partial charge in [0, 0.05) is 11.1 Å². The molecule has 0 aliphatic rings. The standard InChI is InChI=1S/C21H20N2O4S/c1-11-6-14(12(2)27-11)17-9-15(16(10-22)21(28)23-17)13-7-18(24-3)20(26-5)19(8-13)25-4/h6-9H,1-5H3,(H,23,28)/p-1. The predicted octanol–water partition coefficient (Wildman–Crippen LogP) is 4.43. The predicted molar refractivity (Wildman–Crippen MR) is 107 cm³/mol. The highest BCUT2D eigenvalue weighted by molar-refractivity contribution is 7.58. The summed E-state index contributed by atoms with van der Waals surface area (Å²) in [5, 5.41) is 9.90. The maximum atomic E-state index is 9.67. The minimum atomic E-state index is 0.224. The highest BCUT2D eigenvalue weighted by Crippen LogP contribution is 2.42. The molecule has 3 rings (SSSR count). The van der Waals surface area contributed by atoms with Gasteiger partial charge in [0.05, 0.1) is 38.7 Å². The molecule has 2 aromatic heterocycles. The molecule has 3 aromatic rings. The molecule has 6 nitrogen and oxygen atoms in total. The van der Waals surface area contributed by atoms with Crippen molar-refractivity contribution in [2.75, 3.05) is 21.3 Å². The molecule has 1 aromatic carbocycles. The highest BCUT2D eigenvalue weighted by Gasteiger charge is 2.18. The van der Waals surface area contributed by atoms with Gasteiger partial charge in [-0.3, -0.25) is 4.98 Å². The van der Waals surface area contributed by atoms with Crippen LogP contribution in [0.15, 0.2) is 33.7 Å². The molecule has 2 heterocycles. The van der Waals surface area contributed by atoms with E-state index in [1.54, 1.807) is 26.4 Å². The average Bonchev–Trinajstić information content (AvgIpc) is 3.04. The Labute approximate surface area is 169 Å². The third-order valence-corrected chi connectivity index (χ3v) is 4.69. The van der Waals surface area contributed by atoms with Gasteiger partial charge in [-0.2, -0.15) is 5.26 Å². The number of aryl methyl sites for hydroxylation is 2. The number of hydrogen-bond donors (Lipinski definition) is 0. The lowest BCUT2D eigenvalue weighted by molar-refractivity contribution is 0.324. The fourth-order valence-corrected chi connectivity index (χ4v) is 3.37. The van der Waals surface area contributed by atoms with Crippen LogP contribution in [0.5, 0.6) is 17.2 Å². The number of benzene rings is 1. The number of furan rings is 1. The Morgan fingerprint density at radius 3 is 2.07 bits per heavy atom. The summed E-state index contributed by atoms with van der Waals surface area (Å²) in [6, 6.07) is 9.45. The molecule has 144 valence electrons. The molecule has 0 atom stereocenters. The molecule has 0 aliphatic heterocycles. The summed E-state index contributed by atoms with van der Waals surface area (Å²) in [7, 11) is 4.62. The maximum absolute atomic E-state index is 9.67. The molecule has 0 saturated carbocycles. The molecule has 0 radical (unpaired) electrons. The van der Waals surface area contributed by atoms with Gasteiger partial charge in [0.25, 0.3) is 0 Å². The quantitative estimate of drug-likeness (QED) is 0.592. The zero-order chi connectivity index (χ0) is 20.4.